The van der Waals surface area contributed by atoms with E-state index >= 15 is 0 Å². The summed E-state index contributed by atoms with van der Waals surface area (Å²) < 4.78 is 5.20. The third-order valence-electron chi connectivity index (χ3n) is 4.16. The summed E-state index contributed by atoms with van der Waals surface area (Å²) in [5.41, 5.74) is 8.61. The van der Waals surface area contributed by atoms with Gasteiger partial charge in [0.1, 0.15) is 0 Å². The molecule has 0 heterocycles. The second kappa shape index (κ2) is 7.04. The second-order valence-corrected chi connectivity index (χ2v) is 5.71. The smallest absolute Gasteiger partial charge is 0.0713 e. The highest BCUT2D eigenvalue weighted by molar-refractivity contribution is 5.26. The molecular formula is C16H28N2O. The Labute approximate surface area is 117 Å². The predicted molar refractivity (Wildman–Crippen MR) is 81.1 cm³/mol. The fourth-order valence-electron chi connectivity index (χ4n) is 2.25. The molecule has 1 aromatic rings. The molecule has 1 atom stereocenters. The Hall–Kier alpha value is -0.900. The maximum Gasteiger partial charge on any atom is 0.0713 e. The van der Waals surface area contributed by atoms with Gasteiger partial charge in [0, 0.05) is 25.2 Å². The van der Waals surface area contributed by atoms with E-state index in [2.05, 4.69) is 57.0 Å². The van der Waals surface area contributed by atoms with E-state index in [-0.39, 0.29) is 11.6 Å². The summed E-state index contributed by atoms with van der Waals surface area (Å²) in [6, 6.07) is 8.76. The molecule has 3 nitrogen and oxygen atoms in total. The molecule has 1 unspecified atom stereocenters. The van der Waals surface area contributed by atoms with Crippen molar-refractivity contribution in [3.05, 3.63) is 35.4 Å². The first-order valence-corrected chi connectivity index (χ1v) is 6.97. The molecule has 3 heteroatoms. The van der Waals surface area contributed by atoms with E-state index < -0.39 is 0 Å². The maximum absolute atomic E-state index is 6.01. The van der Waals surface area contributed by atoms with E-state index in [1.165, 1.54) is 11.1 Å². The van der Waals surface area contributed by atoms with E-state index in [1.807, 2.05) is 0 Å². The molecule has 108 valence electrons. The molecule has 19 heavy (non-hydrogen) atoms. The van der Waals surface area contributed by atoms with Crippen LogP contribution < -0.4 is 5.73 Å². The van der Waals surface area contributed by atoms with Crippen LogP contribution in [-0.4, -0.2) is 31.1 Å². The van der Waals surface area contributed by atoms with Crippen molar-refractivity contribution in [1.29, 1.82) is 0 Å². The molecule has 0 aliphatic heterocycles. The van der Waals surface area contributed by atoms with Gasteiger partial charge in [-0.2, -0.15) is 0 Å². The van der Waals surface area contributed by atoms with Crippen LogP contribution in [0.25, 0.3) is 0 Å². The van der Waals surface area contributed by atoms with Crippen LogP contribution in [0.5, 0.6) is 0 Å². The first-order valence-electron chi connectivity index (χ1n) is 6.97. The Morgan fingerprint density at radius 2 is 2.05 bits per heavy atom. The lowest BCUT2D eigenvalue weighted by Gasteiger charge is -2.40. The molecular weight excluding hydrogens is 236 g/mol. The minimum atomic E-state index is 0.140. The van der Waals surface area contributed by atoms with Crippen LogP contribution in [0.2, 0.25) is 0 Å². The first kappa shape index (κ1) is 16.2. The van der Waals surface area contributed by atoms with Crippen molar-refractivity contribution < 1.29 is 4.74 Å². The van der Waals surface area contributed by atoms with E-state index in [0.29, 0.717) is 13.2 Å². The summed E-state index contributed by atoms with van der Waals surface area (Å²) in [5.74, 6) is 0. The standard InChI is InChI=1S/C16H28N2O/c1-6-16(2,3)18(4)15(11-17)14-9-7-8-13(10-14)12-19-5/h7-10,15H,6,11-12,17H2,1-5H3. The van der Waals surface area contributed by atoms with Gasteiger partial charge in [-0.3, -0.25) is 4.90 Å². The van der Waals surface area contributed by atoms with Crippen LogP contribution in [-0.2, 0) is 11.3 Å². The fraction of sp³-hybridized carbons (Fsp3) is 0.625. The van der Waals surface area contributed by atoms with Crippen molar-refractivity contribution in [2.75, 3.05) is 20.7 Å². The zero-order valence-electron chi connectivity index (χ0n) is 12.9. The average molecular weight is 264 g/mol. The van der Waals surface area contributed by atoms with Crippen LogP contribution in [0.15, 0.2) is 24.3 Å². The normalized spacial score (nSPS) is 13.8. The van der Waals surface area contributed by atoms with Crippen molar-refractivity contribution >= 4 is 0 Å². The minimum absolute atomic E-state index is 0.140. The zero-order valence-corrected chi connectivity index (χ0v) is 12.9. The highest BCUT2D eigenvalue weighted by atomic mass is 16.5. The van der Waals surface area contributed by atoms with Gasteiger partial charge in [0.25, 0.3) is 0 Å². The van der Waals surface area contributed by atoms with E-state index in [9.17, 15) is 0 Å². The van der Waals surface area contributed by atoms with Crippen LogP contribution in [0.1, 0.15) is 44.4 Å². The number of nitrogens with two attached hydrogens (primary N) is 1. The number of methoxy groups -OCH3 is 1. The molecule has 1 rings (SSSR count). The van der Waals surface area contributed by atoms with Crippen LogP contribution in [0, 0.1) is 0 Å². The summed E-state index contributed by atoms with van der Waals surface area (Å²) >= 11 is 0. The zero-order chi connectivity index (χ0) is 14.5. The van der Waals surface area contributed by atoms with E-state index in [1.54, 1.807) is 7.11 Å². The van der Waals surface area contributed by atoms with Gasteiger partial charge < -0.3 is 10.5 Å². The van der Waals surface area contributed by atoms with Crippen LogP contribution in [0.3, 0.4) is 0 Å². The molecule has 1 aromatic carbocycles. The van der Waals surface area contributed by atoms with Crippen LogP contribution in [0.4, 0.5) is 0 Å². The first-order chi connectivity index (χ1) is 8.96. The Morgan fingerprint density at radius 3 is 2.58 bits per heavy atom. The molecule has 0 spiro atoms. The number of benzene rings is 1. The highest BCUT2D eigenvalue weighted by Gasteiger charge is 2.28. The molecule has 0 amide bonds. The predicted octanol–water partition coefficient (Wildman–Crippen LogP) is 2.95. The minimum Gasteiger partial charge on any atom is -0.380 e. The van der Waals surface area contributed by atoms with Crippen molar-refractivity contribution in [3.8, 4) is 0 Å². The second-order valence-electron chi connectivity index (χ2n) is 5.71. The third-order valence-corrected chi connectivity index (χ3v) is 4.16. The summed E-state index contributed by atoms with van der Waals surface area (Å²) in [6.45, 7) is 8.00. The van der Waals surface area contributed by atoms with Crippen molar-refractivity contribution in [1.82, 2.24) is 4.90 Å². The van der Waals surface area contributed by atoms with Crippen molar-refractivity contribution in [2.45, 2.75) is 45.4 Å². The fourth-order valence-corrected chi connectivity index (χ4v) is 2.25. The van der Waals surface area contributed by atoms with Gasteiger partial charge in [0.05, 0.1) is 6.61 Å². The SMILES string of the molecule is CCC(C)(C)N(C)C(CN)c1cccc(COC)c1. The Morgan fingerprint density at radius 1 is 1.37 bits per heavy atom. The summed E-state index contributed by atoms with van der Waals surface area (Å²) in [4.78, 5) is 2.37. The lowest BCUT2D eigenvalue weighted by Crippen LogP contribution is -2.45. The average Bonchev–Trinajstić information content (AvgIpc) is 2.40. The molecule has 0 fully saturated rings. The van der Waals surface area contributed by atoms with E-state index in [4.69, 9.17) is 10.5 Å². The number of nitrogens with zero attached hydrogens (tertiary/aromatic N) is 1. The monoisotopic (exact) mass is 264 g/mol. The van der Waals surface area contributed by atoms with Gasteiger partial charge in [-0.25, -0.2) is 0 Å². The molecule has 0 saturated carbocycles. The van der Waals surface area contributed by atoms with E-state index in [0.717, 1.165) is 6.42 Å². The number of likely N-dealkylation sites (N-methyl/N-ethyl adjacent to an activating group) is 1. The number of rotatable bonds is 7. The maximum atomic E-state index is 6.01. The quantitative estimate of drug-likeness (QED) is 0.823. The lowest BCUT2D eigenvalue weighted by molar-refractivity contribution is 0.100. The molecule has 0 aromatic heterocycles. The molecule has 0 saturated heterocycles. The number of hydrogen-bond acceptors (Lipinski definition) is 3. The Balaban J connectivity index is 2.99. The van der Waals surface area contributed by atoms with Crippen molar-refractivity contribution in [3.63, 3.8) is 0 Å². The number of hydrogen-bond donors (Lipinski definition) is 1. The van der Waals surface area contributed by atoms with Gasteiger partial charge >= 0.3 is 0 Å². The number of ether oxygens (including phenoxy) is 1. The highest BCUT2D eigenvalue weighted by Crippen LogP contribution is 2.28. The largest absolute Gasteiger partial charge is 0.380 e. The topological polar surface area (TPSA) is 38.5 Å². The van der Waals surface area contributed by atoms with Gasteiger partial charge in [-0.1, -0.05) is 31.2 Å². The lowest BCUT2D eigenvalue weighted by atomic mass is 9.94. The third kappa shape index (κ3) is 4.03. The Bertz CT molecular complexity index is 390. The summed E-state index contributed by atoms with van der Waals surface area (Å²) in [7, 11) is 3.88. The summed E-state index contributed by atoms with van der Waals surface area (Å²) in [5, 5.41) is 0. The van der Waals surface area contributed by atoms with Crippen LogP contribution >= 0.6 is 0 Å². The van der Waals surface area contributed by atoms with Gasteiger partial charge in [0.2, 0.25) is 0 Å². The Kier molecular flexibility index (Phi) is 5.98. The van der Waals surface area contributed by atoms with Gasteiger partial charge in [0.15, 0.2) is 0 Å². The molecule has 2 N–H and O–H groups in total. The molecule has 0 radical (unpaired) electrons. The molecule has 0 bridgehead atoms. The molecule has 0 aliphatic carbocycles. The van der Waals surface area contributed by atoms with Crippen molar-refractivity contribution in [2.24, 2.45) is 5.73 Å². The summed E-state index contributed by atoms with van der Waals surface area (Å²) in [6.07, 6.45) is 1.10. The van der Waals surface area contributed by atoms with Gasteiger partial charge in [-0.05, 0) is 38.4 Å². The van der Waals surface area contributed by atoms with Gasteiger partial charge in [-0.15, -0.1) is 0 Å². The molecule has 0 aliphatic rings.